The molecule has 8 aromatic carbocycles. The highest BCUT2D eigenvalue weighted by Gasteiger charge is 2.21. The first-order valence-electron chi connectivity index (χ1n) is 18.3. The summed E-state index contributed by atoms with van der Waals surface area (Å²) in [4.78, 5) is 10.1. The lowest BCUT2D eigenvalue weighted by atomic mass is 10.1. The molecule has 3 heterocycles. The first-order chi connectivity index (χ1) is 26.8. The molecule has 0 aliphatic rings. The van der Waals surface area contributed by atoms with E-state index in [2.05, 4.69) is 185 Å². The predicted molar refractivity (Wildman–Crippen MR) is 225 cm³/mol. The number of para-hydroxylation sites is 3. The monoisotopic (exact) mass is 688 g/mol. The molecule has 0 atom stereocenters. The van der Waals surface area contributed by atoms with Gasteiger partial charge in [-0.2, -0.15) is 0 Å². The Labute approximate surface area is 311 Å². The molecular formula is C50H32N4. The first kappa shape index (κ1) is 30.3. The van der Waals surface area contributed by atoms with Crippen LogP contribution in [0.2, 0.25) is 0 Å². The van der Waals surface area contributed by atoms with Crippen LogP contribution in [0.5, 0.6) is 0 Å². The van der Waals surface area contributed by atoms with E-state index in [4.69, 9.17) is 9.97 Å². The molecule has 0 aliphatic carbocycles. The van der Waals surface area contributed by atoms with Crippen LogP contribution in [0, 0.1) is 0 Å². The molecule has 0 bridgehead atoms. The van der Waals surface area contributed by atoms with Crippen LogP contribution < -0.4 is 0 Å². The van der Waals surface area contributed by atoms with Gasteiger partial charge in [0.1, 0.15) is 0 Å². The number of nitrogens with zero attached hydrogens (tertiary/aromatic N) is 4. The van der Waals surface area contributed by atoms with Gasteiger partial charge in [-0.1, -0.05) is 127 Å². The molecule has 0 radical (unpaired) electrons. The summed E-state index contributed by atoms with van der Waals surface area (Å²) < 4.78 is 4.80. The third kappa shape index (κ3) is 4.70. The fourth-order valence-corrected chi connectivity index (χ4v) is 8.29. The number of hydrogen-bond acceptors (Lipinski definition) is 2. The zero-order valence-electron chi connectivity index (χ0n) is 29.3. The molecule has 3 aromatic heterocycles. The van der Waals surface area contributed by atoms with E-state index in [0.29, 0.717) is 5.82 Å². The minimum Gasteiger partial charge on any atom is -0.309 e. The molecule has 0 fully saturated rings. The minimum absolute atomic E-state index is 0.715. The summed E-state index contributed by atoms with van der Waals surface area (Å²) in [6.45, 7) is 0. The molecule has 0 amide bonds. The standard InChI is InChI=1S/C50H32N4/c1-3-13-33(14-4-1)34-23-27-37(28-24-34)53-43-21-11-8-18-40(43)47-45(53)31-32-46-48(47)41-19-9-12-22-44(41)54(46)38-29-25-36(26-30-38)50-51-42-20-10-7-17-39(42)49(52-50)35-15-5-2-6-16-35/h1-32H. The van der Waals surface area contributed by atoms with Crippen LogP contribution in [0.3, 0.4) is 0 Å². The summed E-state index contributed by atoms with van der Waals surface area (Å²) in [7, 11) is 0. The molecule has 4 nitrogen and oxygen atoms in total. The summed E-state index contributed by atoms with van der Waals surface area (Å²) in [6, 6.07) is 69.0. The first-order valence-corrected chi connectivity index (χ1v) is 18.3. The molecule has 0 aliphatic heterocycles. The van der Waals surface area contributed by atoms with Crippen molar-refractivity contribution in [3.63, 3.8) is 0 Å². The highest BCUT2D eigenvalue weighted by molar-refractivity contribution is 6.28. The molecular weight excluding hydrogens is 657 g/mol. The topological polar surface area (TPSA) is 35.6 Å². The van der Waals surface area contributed by atoms with Crippen molar-refractivity contribution < 1.29 is 0 Å². The van der Waals surface area contributed by atoms with E-state index in [1.54, 1.807) is 0 Å². The molecule has 0 saturated carbocycles. The van der Waals surface area contributed by atoms with Gasteiger partial charge in [-0.15, -0.1) is 0 Å². The fraction of sp³-hybridized carbons (Fsp3) is 0. The van der Waals surface area contributed by atoms with Crippen molar-refractivity contribution in [2.24, 2.45) is 0 Å². The molecule has 0 unspecified atom stereocenters. The van der Waals surface area contributed by atoms with Crippen LogP contribution in [0.1, 0.15) is 0 Å². The van der Waals surface area contributed by atoms with E-state index in [0.717, 1.165) is 39.1 Å². The van der Waals surface area contributed by atoms with Crippen molar-refractivity contribution in [1.82, 2.24) is 19.1 Å². The number of benzene rings is 8. The van der Waals surface area contributed by atoms with Gasteiger partial charge in [0, 0.05) is 49.4 Å². The smallest absolute Gasteiger partial charge is 0.160 e. The summed E-state index contributed by atoms with van der Waals surface area (Å²) in [5, 5.41) is 6.04. The van der Waals surface area contributed by atoms with E-state index in [9.17, 15) is 0 Å². The van der Waals surface area contributed by atoms with Gasteiger partial charge in [0.05, 0.1) is 33.3 Å². The van der Waals surface area contributed by atoms with Crippen LogP contribution in [0.4, 0.5) is 0 Å². The number of rotatable bonds is 5. The lowest BCUT2D eigenvalue weighted by Gasteiger charge is -2.11. The SMILES string of the molecule is c1ccc(-c2ccc(-n3c4ccccc4c4c5c6ccccc6n(-c6ccc(-c7nc(-c8ccccc8)c8ccccc8n7)cc6)c5ccc43)cc2)cc1. The molecule has 252 valence electrons. The van der Waals surface area contributed by atoms with Crippen LogP contribution in [0.15, 0.2) is 194 Å². The van der Waals surface area contributed by atoms with E-state index < -0.39 is 0 Å². The van der Waals surface area contributed by atoms with Crippen LogP contribution in [-0.2, 0) is 0 Å². The van der Waals surface area contributed by atoms with Crippen molar-refractivity contribution in [3.05, 3.63) is 194 Å². The molecule has 4 heteroatoms. The summed E-state index contributed by atoms with van der Waals surface area (Å²) >= 11 is 0. The Morgan fingerprint density at radius 3 is 1.31 bits per heavy atom. The summed E-state index contributed by atoms with van der Waals surface area (Å²) in [5.74, 6) is 0.715. The molecule has 11 aromatic rings. The second-order valence-electron chi connectivity index (χ2n) is 13.8. The third-order valence-electron chi connectivity index (χ3n) is 10.7. The average molecular weight is 689 g/mol. The highest BCUT2D eigenvalue weighted by atomic mass is 15.0. The van der Waals surface area contributed by atoms with Crippen molar-refractivity contribution in [3.8, 4) is 45.1 Å². The molecule has 54 heavy (non-hydrogen) atoms. The largest absolute Gasteiger partial charge is 0.309 e. The second kappa shape index (κ2) is 12.1. The van der Waals surface area contributed by atoms with E-state index in [-0.39, 0.29) is 0 Å². The van der Waals surface area contributed by atoms with Crippen LogP contribution >= 0.6 is 0 Å². The lowest BCUT2D eigenvalue weighted by Crippen LogP contribution is -1.97. The Balaban J connectivity index is 1.08. The van der Waals surface area contributed by atoms with Gasteiger partial charge < -0.3 is 9.13 Å². The maximum Gasteiger partial charge on any atom is 0.160 e. The number of hydrogen-bond donors (Lipinski definition) is 0. The Morgan fingerprint density at radius 1 is 0.296 bits per heavy atom. The lowest BCUT2D eigenvalue weighted by molar-refractivity contribution is 1.17. The van der Waals surface area contributed by atoms with Gasteiger partial charge in [-0.3, -0.25) is 0 Å². The maximum atomic E-state index is 5.12. The van der Waals surface area contributed by atoms with Crippen molar-refractivity contribution in [2.75, 3.05) is 0 Å². The van der Waals surface area contributed by atoms with E-state index in [1.165, 1.54) is 54.7 Å². The maximum absolute atomic E-state index is 5.12. The third-order valence-corrected chi connectivity index (χ3v) is 10.7. The zero-order chi connectivity index (χ0) is 35.6. The highest BCUT2D eigenvalue weighted by Crippen LogP contribution is 2.42. The molecule has 0 N–H and O–H groups in total. The van der Waals surface area contributed by atoms with Crippen LogP contribution in [0.25, 0.3) is 99.7 Å². The van der Waals surface area contributed by atoms with Crippen molar-refractivity contribution in [2.45, 2.75) is 0 Å². The van der Waals surface area contributed by atoms with Gasteiger partial charge in [-0.05, 0) is 77.9 Å². The van der Waals surface area contributed by atoms with Crippen LogP contribution in [-0.4, -0.2) is 19.1 Å². The molecule has 11 rings (SSSR count). The number of aromatic nitrogens is 4. The van der Waals surface area contributed by atoms with Gasteiger partial charge in [0.15, 0.2) is 5.82 Å². The summed E-state index contributed by atoms with van der Waals surface area (Å²) in [5.41, 5.74) is 13.3. The normalized spacial score (nSPS) is 11.7. The number of fused-ring (bicyclic) bond motifs is 8. The fourth-order valence-electron chi connectivity index (χ4n) is 8.29. The Bertz CT molecular complexity index is 3170. The molecule has 0 saturated heterocycles. The zero-order valence-corrected chi connectivity index (χ0v) is 29.3. The minimum atomic E-state index is 0.715. The Morgan fingerprint density at radius 2 is 0.741 bits per heavy atom. The van der Waals surface area contributed by atoms with E-state index in [1.807, 2.05) is 18.2 Å². The average Bonchev–Trinajstić information content (AvgIpc) is 3.77. The summed E-state index contributed by atoms with van der Waals surface area (Å²) in [6.07, 6.45) is 0. The second-order valence-corrected chi connectivity index (χ2v) is 13.8. The van der Waals surface area contributed by atoms with E-state index >= 15 is 0 Å². The van der Waals surface area contributed by atoms with Gasteiger partial charge >= 0.3 is 0 Å². The Hall–Kier alpha value is -7.30. The van der Waals surface area contributed by atoms with Crippen molar-refractivity contribution in [1.29, 1.82) is 0 Å². The van der Waals surface area contributed by atoms with Gasteiger partial charge in [0.2, 0.25) is 0 Å². The predicted octanol–water partition coefficient (Wildman–Crippen LogP) is 12.8. The quantitative estimate of drug-likeness (QED) is 0.180. The molecule has 0 spiro atoms. The van der Waals surface area contributed by atoms with Crippen molar-refractivity contribution >= 4 is 54.5 Å². The van der Waals surface area contributed by atoms with Gasteiger partial charge in [-0.25, -0.2) is 9.97 Å². The Kier molecular flexibility index (Phi) is 6.82. The van der Waals surface area contributed by atoms with Gasteiger partial charge in [0.25, 0.3) is 0 Å².